The van der Waals surface area contributed by atoms with E-state index in [1.165, 1.54) is 55.5 Å². The molecule has 0 fully saturated rings. The third-order valence-corrected chi connectivity index (χ3v) is 13.3. The average Bonchev–Trinajstić information content (AvgIpc) is 3.83. The molecule has 3 heterocycles. The van der Waals surface area contributed by atoms with Gasteiger partial charge in [0.15, 0.2) is 0 Å². The molecule has 2 aliphatic carbocycles. The molecule has 13 rings (SSSR count). The smallest absolute Gasteiger partial charge is 0.263 e. The minimum Gasteiger partial charge on any atom is -0.309 e. The Labute approximate surface area is 346 Å². The molecule has 0 unspecified atom stereocenters. The SMILES string of the molecule is O=c1c2ccccc2c2cccc3c4cc(-c5ccc6c(c5)C(c5ccccc5)(c5ccccc5)c5cc(-n7c8c(c9ccccc97)C=CCC=C8)ccc5-6)ccc4n1c23. The van der Waals surface area contributed by atoms with E-state index in [9.17, 15) is 4.79 Å². The van der Waals surface area contributed by atoms with Gasteiger partial charge in [0.25, 0.3) is 5.56 Å². The summed E-state index contributed by atoms with van der Waals surface area (Å²) in [5.74, 6) is 0. The molecule has 280 valence electrons. The first-order valence-electron chi connectivity index (χ1n) is 20.8. The molecule has 0 amide bonds. The van der Waals surface area contributed by atoms with E-state index >= 15 is 0 Å². The zero-order chi connectivity index (χ0) is 39.5. The maximum Gasteiger partial charge on any atom is 0.263 e. The van der Waals surface area contributed by atoms with E-state index in [1.807, 2.05) is 22.6 Å². The van der Waals surface area contributed by atoms with Gasteiger partial charge in [0.2, 0.25) is 0 Å². The van der Waals surface area contributed by atoms with Crippen molar-refractivity contribution in [1.82, 2.24) is 8.97 Å². The maximum atomic E-state index is 14.1. The standard InChI is InChI=1S/C57H36N2O/c60-56-48-22-11-10-19-41(48)46-23-14-24-47-49-33-36(28-32-54(49)59(56)55(46)47)37-27-30-42-43-31-29-40(58-52-25-9-3-8-20-44(52)45-21-12-13-26-53(45)58)35-51(43)57(50(42)34-37,38-15-4-1-5-16-38)39-17-6-2-7-18-39/h1-2,4-35H,3H2. The van der Waals surface area contributed by atoms with Gasteiger partial charge in [-0.2, -0.15) is 0 Å². The number of hydrogen-bond acceptors (Lipinski definition) is 1. The number of pyridine rings is 1. The van der Waals surface area contributed by atoms with Crippen LogP contribution < -0.4 is 5.56 Å². The van der Waals surface area contributed by atoms with Crippen LogP contribution in [0.4, 0.5) is 0 Å². The maximum absolute atomic E-state index is 14.1. The van der Waals surface area contributed by atoms with Crippen molar-refractivity contribution in [2.45, 2.75) is 11.8 Å². The first-order chi connectivity index (χ1) is 29.7. The predicted octanol–water partition coefficient (Wildman–Crippen LogP) is 13.6. The fourth-order valence-electron chi connectivity index (χ4n) is 10.8. The van der Waals surface area contributed by atoms with E-state index < -0.39 is 5.41 Å². The number of para-hydroxylation sites is 2. The molecular weight excluding hydrogens is 729 g/mol. The van der Waals surface area contributed by atoms with Crippen LogP contribution in [0, 0.1) is 0 Å². The Morgan fingerprint density at radius 1 is 0.450 bits per heavy atom. The zero-order valence-electron chi connectivity index (χ0n) is 32.6. The van der Waals surface area contributed by atoms with E-state index in [-0.39, 0.29) is 5.56 Å². The lowest BCUT2D eigenvalue weighted by atomic mass is 9.67. The summed E-state index contributed by atoms with van der Waals surface area (Å²) in [4.78, 5) is 14.1. The topological polar surface area (TPSA) is 26.4 Å². The number of benzene rings is 8. The summed E-state index contributed by atoms with van der Waals surface area (Å²) in [7, 11) is 0. The Morgan fingerprint density at radius 2 is 1.05 bits per heavy atom. The van der Waals surface area contributed by atoms with Crippen LogP contribution in [-0.2, 0) is 5.41 Å². The van der Waals surface area contributed by atoms with Gasteiger partial charge >= 0.3 is 0 Å². The van der Waals surface area contributed by atoms with Crippen molar-refractivity contribution >= 4 is 61.0 Å². The molecule has 8 aromatic carbocycles. The molecule has 3 aromatic heterocycles. The van der Waals surface area contributed by atoms with Crippen molar-refractivity contribution in [3.8, 4) is 27.9 Å². The minimum atomic E-state index is -0.596. The second-order valence-corrected chi connectivity index (χ2v) is 16.3. The third kappa shape index (κ3) is 4.36. The Kier molecular flexibility index (Phi) is 6.86. The van der Waals surface area contributed by atoms with Gasteiger partial charge in [-0.3, -0.25) is 9.20 Å². The summed E-state index contributed by atoms with van der Waals surface area (Å²) in [5, 5.41) is 6.27. The minimum absolute atomic E-state index is 0.0266. The summed E-state index contributed by atoms with van der Waals surface area (Å²) in [5.41, 5.74) is 15.9. The Balaban J connectivity index is 1.07. The Hall–Kier alpha value is -7.75. The third-order valence-electron chi connectivity index (χ3n) is 13.3. The van der Waals surface area contributed by atoms with Gasteiger partial charge in [-0.1, -0.05) is 158 Å². The number of nitrogens with zero attached hydrogens (tertiary/aromatic N) is 2. The zero-order valence-corrected chi connectivity index (χ0v) is 32.6. The summed E-state index contributed by atoms with van der Waals surface area (Å²) in [6, 6.07) is 66.1. The van der Waals surface area contributed by atoms with Crippen LogP contribution in [0.15, 0.2) is 199 Å². The highest BCUT2D eigenvalue weighted by molar-refractivity contribution is 6.20. The van der Waals surface area contributed by atoms with Gasteiger partial charge in [-0.25, -0.2) is 0 Å². The number of aromatic nitrogens is 2. The molecule has 0 saturated carbocycles. The largest absolute Gasteiger partial charge is 0.309 e. The molecule has 0 aliphatic heterocycles. The highest BCUT2D eigenvalue weighted by Gasteiger charge is 2.46. The molecule has 0 spiro atoms. The quantitative estimate of drug-likeness (QED) is 0.164. The molecule has 0 radical (unpaired) electrons. The van der Waals surface area contributed by atoms with Crippen molar-refractivity contribution in [3.63, 3.8) is 0 Å². The average molecular weight is 765 g/mol. The van der Waals surface area contributed by atoms with Crippen LogP contribution in [0.25, 0.3) is 89.0 Å². The first-order valence-corrected chi connectivity index (χ1v) is 20.8. The molecule has 11 aromatic rings. The van der Waals surface area contributed by atoms with Crippen LogP contribution in [0.5, 0.6) is 0 Å². The second-order valence-electron chi connectivity index (χ2n) is 16.3. The van der Waals surface area contributed by atoms with E-state index in [4.69, 9.17) is 0 Å². The van der Waals surface area contributed by atoms with Crippen LogP contribution in [0.3, 0.4) is 0 Å². The lowest BCUT2D eigenvalue weighted by molar-refractivity contribution is 0.767. The normalized spacial score (nSPS) is 14.0. The molecular formula is C57H36N2O. The van der Waals surface area contributed by atoms with E-state index in [1.54, 1.807) is 0 Å². The Bertz CT molecular complexity index is 3660. The van der Waals surface area contributed by atoms with E-state index in [0.29, 0.717) is 0 Å². The number of hydrogen-bond donors (Lipinski definition) is 0. The van der Waals surface area contributed by atoms with Crippen molar-refractivity contribution in [2.24, 2.45) is 0 Å². The lowest BCUT2D eigenvalue weighted by Crippen LogP contribution is -2.28. The van der Waals surface area contributed by atoms with Crippen molar-refractivity contribution in [1.29, 1.82) is 0 Å². The highest BCUT2D eigenvalue weighted by Crippen LogP contribution is 2.57. The van der Waals surface area contributed by atoms with Crippen LogP contribution in [0.2, 0.25) is 0 Å². The highest BCUT2D eigenvalue weighted by atomic mass is 16.1. The summed E-state index contributed by atoms with van der Waals surface area (Å²) in [6.07, 6.45) is 10.0. The van der Waals surface area contributed by atoms with Gasteiger partial charge in [-0.05, 0) is 105 Å². The molecule has 0 N–H and O–H groups in total. The van der Waals surface area contributed by atoms with Crippen LogP contribution >= 0.6 is 0 Å². The van der Waals surface area contributed by atoms with Gasteiger partial charge in [0, 0.05) is 38.2 Å². The van der Waals surface area contributed by atoms with Crippen LogP contribution in [-0.4, -0.2) is 8.97 Å². The monoisotopic (exact) mass is 764 g/mol. The second kappa shape index (κ2) is 12.4. The van der Waals surface area contributed by atoms with Crippen LogP contribution in [0.1, 0.15) is 39.9 Å². The molecule has 2 aliphatic rings. The molecule has 3 nitrogen and oxygen atoms in total. The fourth-order valence-corrected chi connectivity index (χ4v) is 10.8. The fraction of sp³-hybridized carbons (Fsp3) is 0.0351. The summed E-state index contributed by atoms with van der Waals surface area (Å²) >= 11 is 0. The summed E-state index contributed by atoms with van der Waals surface area (Å²) in [6.45, 7) is 0. The number of fused-ring (bicyclic) bond motifs is 11. The molecule has 0 atom stereocenters. The molecule has 60 heavy (non-hydrogen) atoms. The first kappa shape index (κ1) is 33.2. The molecule has 0 bridgehead atoms. The van der Waals surface area contributed by atoms with Gasteiger partial charge < -0.3 is 4.57 Å². The van der Waals surface area contributed by atoms with Gasteiger partial charge in [-0.15, -0.1) is 0 Å². The lowest BCUT2D eigenvalue weighted by Gasteiger charge is -2.34. The molecule has 3 heteroatoms. The predicted molar refractivity (Wildman–Crippen MR) is 250 cm³/mol. The van der Waals surface area contributed by atoms with Gasteiger partial charge in [0.05, 0.1) is 27.7 Å². The van der Waals surface area contributed by atoms with Gasteiger partial charge in [0.1, 0.15) is 0 Å². The van der Waals surface area contributed by atoms with E-state index in [0.717, 1.165) is 61.2 Å². The van der Waals surface area contributed by atoms with Crippen molar-refractivity contribution in [2.75, 3.05) is 0 Å². The number of allylic oxidation sites excluding steroid dienone is 2. The van der Waals surface area contributed by atoms with Crippen molar-refractivity contribution < 1.29 is 0 Å². The number of rotatable bonds is 4. The summed E-state index contributed by atoms with van der Waals surface area (Å²) < 4.78 is 4.38. The van der Waals surface area contributed by atoms with Crippen molar-refractivity contribution in [3.05, 3.63) is 238 Å². The Morgan fingerprint density at radius 3 is 1.83 bits per heavy atom. The molecule has 0 saturated heterocycles. The van der Waals surface area contributed by atoms with E-state index in [2.05, 4.69) is 193 Å².